The summed E-state index contributed by atoms with van der Waals surface area (Å²) in [5.74, 6) is 0.681. The highest BCUT2D eigenvalue weighted by Gasteiger charge is 2.05. The number of hydrogen-bond donors (Lipinski definition) is 1. The van der Waals surface area contributed by atoms with Crippen molar-refractivity contribution < 1.29 is 9.52 Å². The molecular formula is C15H10O3. The molecule has 3 aromatic rings. The highest BCUT2D eigenvalue weighted by atomic mass is 16.4. The minimum Gasteiger partial charge on any atom is -0.508 e. The molecule has 0 spiro atoms. The number of phenolic OH excluding ortho intramolecular Hbond substituents is 1. The summed E-state index contributed by atoms with van der Waals surface area (Å²) < 4.78 is 5.28. The zero-order chi connectivity index (χ0) is 12.5. The van der Waals surface area contributed by atoms with Crippen LogP contribution in [0.4, 0.5) is 0 Å². The third-order valence-electron chi connectivity index (χ3n) is 2.82. The van der Waals surface area contributed by atoms with Crippen molar-refractivity contribution in [3.8, 4) is 17.1 Å². The second kappa shape index (κ2) is 4.04. The fourth-order valence-corrected chi connectivity index (χ4v) is 1.90. The molecule has 1 aromatic heterocycles. The highest BCUT2D eigenvalue weighted by Crippen LogP contribution is 2.23. The molecule has 0 aliphatic heterocycles. The largest absolute Gasteiger partial charge is 0.508 e. The van der Waals surface area contributed by atoms with Crippen molar-refractivity contribution in [2.45, 2.75) is 0 Å². The van der Waals surface area contributed by atoms with Gasteiger partial charge in [-0.15, -0.1) is 0 Å². The fourth-order valence-electron chi connectivity index (χ4n) is 1.90. The van der Waals surface area contributed by atoms with Crippen molar-refractivity contribution in [3.05, 3.63) is 65.0 Å². The van der Waals surface area contributed by atoms with Gasteiger partial charge in [0.25, 0.3) is 0 Å². The summed E-state index contributed by atoms with van der Waals surface area (Å²) in [4.78, 5) is 11.8. The highest BCUT2D eigenvalue weighted by molar-refractivity contribution is 5.84. The summed E-state index contributed by atoms with van der Waals surface area (Å²) in [6.45, 7) is 0. The van der Waals surface area contributed by atoms with Gasteiger partial charge in [0.1, 0.15) is 11.5 Å². The predicted octanol–water partition coefficient (Wildman–Crippen LogP) is 3.17. The van der Waals surface area contributed by atoms with Crippen LogP contribution in [0.25, 0.3) is 22.1 Å². The average molecular weight is 238 g/mol. The van der Waals surface area contributed by atoms with Gasteiger partial charge in [-0.05, 0) is 41.8 Å². The molecule has 0 fully saturated rings. The van der Waals surface area contributed by atoms with Gasteiger partial charge in [0, 0.05) is 5.56 Å². The third-order valence-corrected chi connectivity index (χ3v) is 2.82. The Labute approximate surface area is 103 Å². The molecule has 18 heavy (non-hydrogen) atoms. The van der Waals surface area contributed by atoms with Gasteiger partial charge in [0.15, 0.2) is 0 Å². The van der Waals surface area contributed by atoms with E-state index in [-0.39, 0.29) is 11.4 Å². The molecule has 88 valence electrons. The predicted molar refractivity (Wildman–Crippen MR) is 69.6 cm³/mol. The molecule has 0 saturated heterocycles. The number of rotatable bonds is 1. The summed E-state index contributed by atoms with van der Waals surface area (Å²) in [6.07, 6.45) is 0. The first-order valence-electron chi connectivity index (χ1n) is 5.56. The minimum absolute atomic E-state index is 0.182. The van der Waals surface area contributed by atoms with Crippen molar-refractivity contribution in [2.24, 2.45) is 0 Å². The van der Waals surface area contributed by atoms with Crippen LogP contribution in [0.5, 0.6) is 5.75 Å². The molecule has 0 atom stereocenters. The Balaban J connectivity index is 2.24. The van der Waals surface area contributed by atoms with Gasteiger partial charge in [-0.2, -0.15) is 0 Å². The smallest absolute Gasteiger partial charge is 0.344 e. The molecule has 1 N–H and O–H groups in total. The zero-order valence-electron chi connectivity index (χ0n) is 9.46. The summed E-state index contributed by atoms with van der Waals surface area (Å²) in [5.41, 5.74) is 0.409. The van der Waals surface area contributed by atoms with E-state index in [9.17, 15) is 9.90 Å². The molecule has 0 saturated carbocycles. The van der Waals surface area contributed by atoms with Crippen LogP contribution in [0.3, 0.4) is 0 Å². The van der Waals surface area contributed by atoms with E-state index in [2.05, 4.69) is 0 Å². The molecular weight excluding hydrogens is 228 g/mol. The van der Waals surface area contributed by atoms with Gasteiger partial charge in [0.05, 0.1) is 5.39 Å². The summed E-state index contributed by atoms with van der Waals surface area (Å²) in [7, 11) is 0. The van der Waals surface area contributed by atoms with Crippen LogP contribution in [0.15, 0.2) is 63.8 Å². The van der Waals surface area contributed by atoms with Crippen LogP contribution < -0.4 is 5.63 Å². The van der Waals surface area contributed by atoms with Crippen molar-refractivity contribution in [3.63, 3.8) is 0 Å². The fraction of sp³-hybridized carbons (Fsp3) is 0. The second-order valence-electron chi connectivity index (χ2n) is 4.03. The SMILES string of the molecule is O=c1oc(-c2ccc(O)cc2)cc2ccccc12. The van der Waals surface area contributed by atoms with E-state index in [1.165, 1.54) is 0 Å². The van der Waals surface area contributed by atoms with Crippen LogP contribution in [0.2, 0.25) is 0 Å². The van der Waals surface area contributed by atoms with E-state index in [4.69, 9.17) is 4.42 Å². The van der Waals surface area contributed by atoms with E-state index in [0.717, 1.165) is 10.9 Å². The minimum atomic E-state index is -0.351. The number of fused-ring (bicyclic) bond motifs is 1. The molecule has 0 aliphatic carbocycles. The molecule has 0 unspecified atom stereocenters. The van der Waals surface area contributed by atoms with Crippen LogP contribution in [0.1, 0.15) is 0 Å². The van der Waals surface area contributed by atoms with Crippen LogP contribution >= 0.6 is 0 Å². The van der Waals surface area contributed by atoms with Gasteiger partial charge >= 0.3 is 5.63 Å². The quantitative estimate of drug-likeness (QED) is 0.708. The normalized spacial score (nSPS) is 10.7. The van der Waals surface area contributed by atoms with Crippen LogP contribution in [-0.4, -0.2) is 5.11 Å². The lowest BCUT2D eigenvalue weighted by Crippen LogP contribution is -1.99. The zero-order valence-corrected chi connectivity index (χ0v) is 9.46. The first kappa shape index (κ1) is 10.6. The van der Waals surface area contributed by atoms with Gasteiger partial charge in [-0.3, -0.25) is 0 Å². The van der Waals surface area contributed by atoms with Crippen molar-refractivity contribution in [1.82, 2.24) is 0 Å². The van der Waals surface area contributed by atoms with Gasteiger partial charge in [-0.1, -0.05) is 18.2 Å². The maximum atomic E-state index is 11.8. The van der Waals surface area contributed by atoms with Crippen LogP contribution in [-0.2, 0) is 0 Å². The molecule has 3 rings (SSSR count). The first-order chi connectivity index (χ1) is 8.74. The standard InChI is InChI=1S/C15H10O3/c16-12-7-5-10(6-8-12)14-9-11-3-1-2-4-13(11)15(17)18-14/h1-9,16H. The lowest BCUT2D eigenvalue weighted by Gasteiger charge is -2.02. The number of aromatic hydroxyl groups is 1. The van der Waals surface area contributed by atoms with Gasteiger partial charge in [-0.25, -0.2) is 4.79 Å². The number of benzene rings is 2. The first-order valence-corrected chi connectivity index (χ1v) is 5.56. The molecule has 3 heteroatoms. The van der Waals surface area contributed by atoms with Crippen molar-refractivity contribution in [1.29, 1.82) is 0 Å². The van der Waals surface area contributed by atoms with Crippen molar-refractivity contribution in [2.75, 3.05) is 0 Å². The van der Waals surface area contributed by atoms with Crippen molar-refractivity contribution >= 4 is 10.8 Å². The van der Waals surface area contributed by atoms with E-state index < -0.39 is 0 Å². The van der Waals surface area contributed by atoms with E-state index in [1.807, 2.05) is 18.2 Å². The second-order valence-corrected chi connectivity index (χ2v) is 4.03. The topological polar surface area (TPSA) is 50.4 Å². The summed E-state index contributed by atoms with van der Waals surface area (Å²) in [6, 6.07) is 15.7. The Hall–Kier alpha value is -2.55. The Kier molecular flexibility index (Phi) is 2.38. The van der Waals surface area contributed by atoms with E-state index in [1.54, 1.807) is 36.4 Å². The molecule has 0 aliphatic rings. The van der Waals surface area contributed by atoms with E-state index in [0.29, 0.717) is 11.1 Å². The molecule has 3 nitrogen and oxygen atoms in total. The maximum Gasteiger partial charge on any atom is 0.344 e. The van der Waals surface area contributed by atoms with E-state index >= 15 is 0 Å². The lowest BCUT2D eigenvalue weighted by atomic mass is 10.1. The summed E-state index contributed by atoms with van der Waals surface area (Å²) in [5, 5.41) is 10.7. The molecule has 0 bridgehead atoms. The Morgan fingerprint density at radius 3 is 2.44 bits per heavy atom. The Morgan fingerprint density at radius 2 is 1.67 bits per heavy atom. The Bertz CT molecular complexity index is 755. The molecule has 2 aromatic carbocycles. The monoisotopic (exact) mass is 238 g/mol. The third kappa shape index (κ3) is 1.76. The lowest BCUT2D eigenvalue weighted by molar-refractivity contribution is 0.475. The number of phenols is 1. The molecule has 0 radical (unpaired) electrons. The maximum absolute atomic E-state index is 11.8. The van der Waals surface area contributed by atoms with Gasteiger partial charge in [0.2, 0.25) is 0 Å². The molecule has 1 heterocycles. The Morgan fingerprint density at radius 1 is 0.944 bits per heavy atom. The average Bonchev–Trinajstić information content (AvgIpc) is 2.39. The number of hydrogen-bond acceptors (Lipinski definition) is 3. The van der Waals surface area contributed by atoms with Gasteiger partial charge < -0.3 is 9.52 Å². The molecule has 0 amide bonds. The summed E-state index contributed by atoms with van der Waals surface area (Å²) >= 11 is 0. The van der Waals surface area contributed by atoms with Crippen LogP contribution in [0, 0.1) is 0 Å².